The van der Waals surface area contributed by atoms with Crippen molar-refractivity contribution in [1.82, 2.24) is 4.98 Å². The first-order valence-electron chi connectivity index (χ1n) is 4.26. The highest BCUT2D eigenvalue weighted by atomic mass is 35.5. The molecule has 0 aliphatic carbocycles. The van der Waals surface area contributed by atoms with Crippen molar-refractivity contribution in [2.75, 3.05) is 0 Å². The van der Waals surface area contributed by atoms with Crippen LogP contribution in [0.3, 0.4) is 0 Å². The molecule has 0 aliphatic heterocycles. The zero-order valence-corrected chi connectivity index (χ0v) is 8.37. The van der Waals surface area contributed by atoms with E-state index < -0.39 is 5.82 Å². The van der Waals surface area contributed by atoms with E-state index in [9.17, 15) is 9.50 Å². The van der Waals surface area contributed by atoms with E-state index in [1.807, 2.05) is 0 Å². The van der Waals surface area contributed by atoms with Crippen molar-refractivity contribution >= 4 is 11.6 Å². The number of hydrogen-bond acceptors (Lipinski definition) is 2. The van der Waals surface area contributed by atoms with E-state index in [-0.39, 0.29) is 10.8 Å². The van der Waals surface area contributed by atoms with Crippen LogP contribution in [0.1, 0.15) is 0 Å². The summed E-state index contributed by atoms with van der Waals surface area (Å²) in [5.41, 5.74) is 1.27. The summed E-state index contributed by atoms with van der Waals surface area (Å²) in [7, 11) is 0. The first kappa shape index (κ1) is 9.93. The quantitative estimate of drug-likeness (QED) is 0.805. The van der Waals surface area contributed by atoms with Gasteiger partial charge in [0, 0.05) is 11.8 Å². The molecule has 2 aromatic rings. The van der Waals surface area contributed by atoms with Gasteiger partial charge in [-0.3, -0.25) is 4.98 Å². The van der Waals surface area contributed by atoms with E-state index in [0.717, 1.165) is 6.20 Å². The molecule has 2 rings (SSSR count). The number of aromatic hydroxyl groups is 1. The molecule has 2 nitrogen and oxygen atoms in total. The van der Waals surface area contributed by atoms with E-state index in [4.69, 9.17) is 11.6 Å². The first-order chi connectivity index (χ1) is 7.16. The maximum atomic E-state index is 12.9. The minimum Gasteiger partial charge on any atom is -0.506 e. The average molecular weight is 224 g/mol. The van der Waals surface area contributed by atoms with Crippen LogP contribution in [0.25, 0.3) is 11.1 Å². The van der Waals surface area contributed by atoms with Crippen molar-refractivity contribution in [3.8, 4) is 16.9 Å². The standard InChI is InChI=1S/C11H7ClFNO/c12-10-2-1-7(4-11(10)15)8-3-9(13)6-14-5-8/h1-6,15H. The number of rotatable bonds is 1. The van der Waals surface area contributed by atoms with Gasteiger partial charge in [0.1, 0.15) is 11.6 Å². The third-order valence-electron chi connectivity index (χ3n) is 1.98. The lowest BCUT2D eigenvalue weighted by Gasteiger charge is -2.03. The van der Waals surface area contributed by atoms with Gasteiger partial charge in [-0.15, -0.1) is 0 Å². The van der Waals surface area contributed by atoms with Crippen LogP contribution in [0.2, 0.25) is 5.02 Å². The molecular weight excluding hydrogens is 217 g/mol. The number of benzene rings is 1. The Balaban J connectivity index is 2.50. The van der Waals surface area contributed by atoms with Crippen LogP contribution in [-0.4, -0.2) is 10.1 Å². The molecule has 4 heteroatoms. The van der Waals surface area contributed by atoms with Gasteiger partial charge in [0.05, 0.1) is 11.2 Å². The molecule has 0 amide bonds. The summed E-state index contributed by atoms with van der Waals surface area (Å²) in [6.45, 7) is 0. The Hall–Kier alpha value is -1.61. The molecule has 0 radical (unpaired) electrons. The minimum atomic E-state index is -0.415. The molecule has 1 aromatic heterocycles. The summed E-state index contributed by atoms with van der Waals surface area (Å²) in [5.74, 6) is -0.444. The van der Waals surface area contributed by atoms with Gasteiger partial charge in [-0.1, -0.05) is 17.7 Å². The summed E-state index contributed by atoms with van der Waals surface area (Å²) in [5, 5.41) is 9.65. The summed E-state index contributed by atoms with van der Waals surface area (Å²) in [6, 6.07) is 6.06. The maximum Gasteiger partial charge on any atom is 0.142 e. The number of aromatic nitrogens is 1. The summed E-state index contributed by atoms with van der Waals surface area (Å²) < 4.78 is 12.9. The highest BCUT2D eigenvalue weighted by Crippen LogP contribution is 2.29. The minimum absolute atomic E-state index is 0.0292. The van der Waals surface area contributed by atoms with E-state index >= 15 is 0 Å². The van der Waals surface area contributed by atoms with Crippen LogP contribution in [-0.2, 0) is 0 Å². The number of nitrogens with zero attached hydrogens (tertiary/aromatic N) is 1. The Kier molecular flexibility index (Phi) is 2.56. The topological polar surface area (TPSA) is 33.1 Å². The van der Waals surface area contributed by atoms with E-state index in [1.165, 1.54) is 18.3 Å². The van der Waals surface area contributed by atoms with Crippen molar-refractivity contribution < 1.29 is 9.50 Å². The molecule has 0 saturated carbocycles. The van der Waals surface area contributed by atoms with Crippen LogP contribution in [0.15, 0.2) is 36.7 Å². The van der Waals surface area contributed by atoms with Gasteiger partial charge in [0.25, 0.3) is 0 Å². The molecule has 0 bridgehead atoms. The molecular formula is C11H7ClFNO. The highest BCUT2D eigenvalue weighted by molar-refractivity contribution is 6.32. The Labute approximate surface area is 91.0 Å². The number of phenols is 1. The van der Waals surface area contributed by atoms with Crippen molar-refractivity contribution in [2.45, 2.75) is 0 Å². The van der Waals surface area contributed by atoms with Crippen LogP contribution >= 0.6 is 11.6 Å². The smallest absolute Gasteiger partial charge is 0.142 e. The lowest BCUT2D eigenvalue weighted by molar-refractivity contribution is 0.476. The molecule has 1 N–H and O–H groups in total. The molecule has 1 heterocycles. The Morgan fingerprint density at radius 2 is 1.93 bits per heavy atom. The molecule has 0 fully saturated rings. The monoisotopic (exact) mass is 223 g/mol. The molecule has 0 spiro atoms. The number of pyridine rings is 1. The first-order valence-corrected chi connectivity index (χ1v) is 4.64. The second-order valence-electron chi connectivity index (χ2n) is 3.06. The molecule has 0 atom stereocenters. The number of hydrogen-bond donors (Lipinski definition) is 1. The number of phenolic OH excluding ortho intramolecular Hbond substituents is 1. The van der Waals surface area contributed by atoms with Crippen molar-refractivity contribution in [1.29, 1.82) is 0 Å². The fourth-order valence-corrected chi connectivity index (χ4v) is 1.38. The van der Waals surface area contributed by atoms with Crippen molar-refractivity contribution in [3.05, 3.63) is 47.5 Å². The molecule has 0 saturated heterocycles. The highest BCUT2D eigenvalue weighted by Gasteiger charge is 2.03. The molecule has 1 aromatic carbocycles. The van der Waals surface area contributed by atoms with Gasteiger partial charge >= 0.3 is 0 Å². The van der Waals surface area contributed by atoms with Crippen LogP contribution in [0, 0.1) is 5.82 Å². The average Bonchev–Trinajstić information content (AvgIpc) is 2.22. The normalized spacial score (nSPS) is 10.3. The lowest BCUT2D eigenvalue weighted by Crippen LogP contribution is -1.83. The van der Waals surface area contributed by atoms with Gasteiger partial charge in [0.2, 0.25) is 0 Å². The van der Waals surface area contributed by atoms with E-state index in [0.29, 0.717) is 11.1 Å². The van der Waals surface area contributed by atoms with Gasteiger partial charge in [0.15, 0.2) is 0 Å². The summed E-state index contributed by atoms with van der Waals surface area (Å²) in [6.07, 6.45) is 2.64. The van der Waals surface area contributed by atoms with Crippen molar-refractivity contribution in [3.63, 3.8) is 0 Å². The van der Waals surface area contributed by atoms with Crippen LogP contribution in [0.5, 0.6) is 5.75 Å². The zero-order chi connectivity index (χ0) is 10.8. The predicted octanol–water partition coefficient (Wildman–Crippen LogP) is 3.25. The van der Waals surface area contributed by atoms with Gasteiger partial charge in [-0.2, -0.15) is 0 Å². The van der Waals surface area contributed by atoms with Gasteiger partial charge in [-0.25, -0.2) is 4.39 Å². The fourth-order valence-electron chi connectivity index (χ4n) is 1.26. The lowest BCUT2D eigenvalue weighted by atomic mass is 10.1. The van der Waals surface area contributed by atoms with Crippen molar-refractivity contribution in [2.24, 2.45) is 0 Å². The Morgan fingerprint density at radius 3 is 2.60 bits per heavy atom. The third kappa shape index (κ3) is 2.07. The SMILES string of the molecule is Oc1cc(-c2cncc(F)c2)ccc1Cl. The summed E-state index contributed by atoms with van der Waals surface area (Å²) in [4.78, 5) is 3.72. The fraction of sp³-hybridized carbons (Fsp3) is 0. The van der Waals surface area contributed by atoms with Crippen LogP contribution < -0.4 is 0 Å². The Morgan fingerprint density at radius 1 is 1.13 bits per heavy atom. The largest absolute Gasteiger partial charge is 0.506 e. The Bertz CT molecular complexity index is 502. The predicted molar refractivity (Wildman–Crippen MR) is 56.3 cm³/mol. The number of halogens is 2. The van der Waals surface area contributed by atoms with Gasteiger partial charge in [-0.05, 0) is 23.8 Å². The zero-order valence-electron chi connectivity index (χ0n) is 7.61. The molecule has 15 heavy (non-hydrogen) atoms. The second kappa shape index (κ2) is 3.87. The maximum absolute atomic E-state index is 12.9. The van der Waals surface area contributed by atoms with Crippen LogP contribution in [0.4, 0.5) is 4.39 Å². The summed E-state index contributed by atoms with van der Waals surface area (Å²) >= 11 is 5.66. The van der Waals surface area contributed by atoms with E-state index in [2.05, 4.69) is 4.98 Å². The molecule has 76 valence electrons. The second-order valence-corrected chi connectivity index (χ2v) is 3.47. The third-order valence-corrected chi connectivity index (χ3v) is 2.30. The van der Waals surface area contributed by atoms with E-state index in [1.54, 1.807) is 12.1 Å². The molecule has 0 aliphatic rings. The van der Waals surface area contributed by atoms with Gasteiger partial charge < -0.3 is 5.11 Å². The molecule has 0 unspecified atom stereocenters.